The van der Waals surface area contributed by atoms with Gasteiger partial charge >= 0.3 is 5.97 Å². The van der Waals surface area contributed by atoms with E-state index in [2.05, 4.69) is 21.2 Å². The second kappa shape index (κ2) is 5.64. The first-order valence-electron chi connectivity index (χ1n) is 5.31. The van der Waals surface area contributed by atoms with E-state index in [0.29, 0.717) is 6.07 Å². The van der Waals surface area contributed by atoms with Gasteiger partial charge in [-0.2, -0.15) is 0 Å². The SMILES string of the molecule is CC(C)(CC(=O)Nc1c(F)cc(F)cc1Br)C(=O)O. The highest BCUT2D eigenvalue weighted by Gasteiger charge is 2.30. The molecule has 0 aliphatic heterocycles. The van der Waals surface area contributed by atoms with Crippen LogP contribution in [0.2, 0.25) is 0 Å². The molecule has 1 rings (SSSR count). The average molecular weight is 336 g/mol. The lowest BCUT2D eigenvalue weighted by Crippen LogP contribution is -2.29. The fourth-order valence-electron chi connectivity index (χ4n) is 1.32. The van der Waals surface area contributed by atoms with Gasteiger partial charge in [0.2, 0.25) is 5.91 Å². The van der Waals surface area contributed by atoms with Gasteiger partial charge in [-0.3, -0.25) is 9.59 Å². The fourth-order valence-corrected chi connectivity index (χ4v) is 1.83. The van der Waals surface area contributed by atoms with Crippen molar-refractivity contribution in [3.8, 4) is 0 Å². The van der Waals surface area contributed by atoms with Crippen LogP contribution in [0, 0.1) is 17.0 Å². The number of anilines is 1. The Labute approximate surface area is 116 Å². The smallest absolute Gasteiger partial charge is 0.309 e. The molecule has 1 aromatic rings. The van der Waals surface area contributed by atoms with Crippen LogP contribution in [0.25, 0.3) is 0 Å². The Morgan fingerprint density at radius 2 is 1.95 bits per heavy atom. The second-order valence-corrected chi connectivity index (χ2v) is 5.51. The minimum absolute atomic E-state index is 0.0477. The summed E-state index contributed by atoms with van der Waals surface area (Å²) in [5, 5.41) is 11.1. The maximum absolute atomic E-state index is 13.5. The van der Waals surface area contributed by atoms with Crippen LogP contribution in [0.1, 0.15) is 20.3 Å². The largest absolute Gasteiger partial charge is 0.481 e. The van der Waals surface area contributed by atoms with E-state index in [4.69, 9.17) is 5.11 Å². The molecule has 19 heavy (non-hydrogen) atoms. The summed E-state index contributed by atoms with van der Waals surface area (Å²) in [4.78, 5) is 22.5. The first-order chi connectivity index (χ1) is 8.63. The molecular weight excluding hydrogens is 324 g/mol. The van der Waals surface area contributed by atoms with Crippen molar-refractivity contribution in [2.45, 2.75) is 20.3 Å². The summed E-state index contributed by atoms with van der Waals surface area (Å²) < 4.78 is 26.4. The summed E-state index contributed by atoms with van der Waals surface area (Å²) >= 11 is 2.92. The number of amides is 1. The van der Waals surface area contributed by atoms with Crippen molar-refractivity contribution in [2.24, 2.45) is 5.41 Å². The van der Waals surface area contributed by atoms with Gasteiger partial charge in [-0.1, -0.05) is 0 Å². The number of hydrogen-bond donors (Lipinski definition) is 2. The van der Waals surface area contributed by atoms with Crippen molar-refractivity contribution in [3.05, 3.63) is 28.2 Å². The number of halogens is 3. The lowest BCUT2D eigenvalue weighted by molar-refractivity contribution is -0.148. The van der Waals surface area contributed by atoms with Crippen LogP contribution in [0.4, 0.5) is 14.5 Å². The third-order valence-electron chi connectivity index (χ3n) is 2.45. The molecule has 7 heteroatoms. The first-order valence-corrected chi connectivity index (χ1v) is 6.10. The highest BCUT2D eigenvalue weighted by atomic mass is 79.9. The molecule has 1 aromatic carbocycles. The van der Waals surface area contributed by atoms with Crippen molar-refractivity contribution in [2.75, 3.05) is 5.32 Å². The van der Waals surface area contributed by atoms with Gasteiger partial charge in [0.1, 0.15) is 5.82 Å². The average Bonchev–Trinajstić information content (AvgIpc) is 2.22. The number of hydrogen-bond acceptors (Lipinski definition) is 2. The molecule has 0 aliphatic carbocycles. The molecule has 0 saturated heterocycles. The topological polar surface area (TPSA) is 66.4 Å². The maximum Gasteiger partial charge on any atom is 0.309 e. The fraction of sp³-hybridized carbons (Fsp3) is 0.333. The summed E-state index contributed by atoms with van der Waals surface area (Å²) in [6.45, 7) is 2.76. The third kappa shape index (κ3) is 3.99. The summed E-state index contributed by atoms with van der Waals surface area (Å²) in [5.74, 6) is -3.53. The maximum atomic E-state index is 13.5. The minimum Gasteiger partial charge on any atom is -0.481 e. The van der Waals surface area contributed by atoms with Gasteiger partial charge in [0.05, 0.1) is 11.1 Å². The monoisotopic (exact) mass is 335 g/mol. The molecule has 0 aromatic heterocycles. The molecular formula is C12H12BrF2NO3. The van der Waals surface area contributed by atoms with E-state index in [1.54, 1.807) is 0 Å². The van der Waals surface area contributed by atoms with Crippen LogP contribution in [0.5, 0.6) is 0 Å². The van der Waals surface area contributed by atoms with E-state index in [1.165, 1.54) is 13.8 Å². The summed E-state index contributed by atoms with van der Waals surface area (Å²) in [7, 11) is 0. The standard InChI is InChI=1S/C12H12BrF2NO3/c1-12(2,11(18)19)5-9(17)16-10-7(13)3-6(14)4-8(10)15/h3-4H,5H2,1-2H3,(H,16,17)(H,18,19). The minimum atomic E-state index is -1.27. The Hall–Kier alpha value is -1.50. The zero-order valence-electron chi connectivity index (χ0n) is 10.3. The number of carbonyl (C=O) groups excluding carboxylic acids is 1. The van der Waals surface area contributed by atoms with Gasteiger partial charge in [-0.25, -0.2) is 8.78 Å². The van der Waals surface area contributed by atoms with Crippen molar-refractivity contribution < 1.29 is 23.5 Å². The summed E-state index contributed by atoms with van der Waals surface area (Å²) in [6, 6.07) is 1.63. The Kier molecular flexibility index (Phi) is 4.62. The quantitative estimate of drug-likeness (QED) is 0.888. The van der Waals surface area contributed by atoms with E-state index in [1.807, 2.05) is 0 Å². The number of carboxylic acid groups (broad SMARTS) is 1. The predicted molar refractivity (Wildman–Crippen MR) is 68.7 cm³/mol. The van der Waals surface area contributed by atoms with Gasteiger partial charge in [-0.05, 0) is 35.8 Å². The number of nitrogens with one attached hydrogen (secondary N) is 1. The third-order valence-corrected chi connectivity index (χ3v) is 3.08. The van der Waals surface area contributed by atoms with E-state index in [-0.39, 0.29) is 16.6 Å². The highest BCUT2D eigenvalue weighted by Crippen LogP contribution is 2.28. The van der Waals surface area contributed by atoms with E-state index >= 15 is 0 Å². The molecule has 0 spiro atoms. The second-order valence-electron chi connectivity index (χ2n) is 4.66. The van der Waals surface area contributed by atoms with Gasteiger partial charge < -0.3 is 10.4 Å². The Balaban J connectivity index is 2.87. The molecule has 0 atom stereocenters. The summed E-state index contributed by atoms with van der Waals surface area (Å²) in [5.41, 5.74) is -1.49. The normalized spacial score (nSPS) is 11.2. The van der Waals surface area contributed by atoms with Crippen LogP contribution in [0.15, 0.2) is 16.6 Å². The molecule has 104 valence electrons. The summed E-state index contributed by atoms with van der Waals surface area (Å²) in [6.07, 6.45) is -0.328. The van der Waals surface area contributed by atoms with Crippen LogP contribution < -0.4 is 5.32 Å². The van der Waals surface area contributed by atoms with Crippen molar-refractivity contribution in [1.29, 1.82) is 0 Å². The van der Waals surface area contributed by atoms with Crippen molar-refractivity contribution >= 4 is 33.5 Å². The Bertz CT molecular complexity index is 509. The van der Waals surface area contributed by atoms with Gasteiger partial charge in [0.15, 0.2) is 5.82 Å². The molecule has 0 unspecified atom stereocenters. The molecule has 2 N–H and O–H groups in total. The number of aliphatic carboxylic acids is 1. The number of benzene rings is 1. The molecule has 1 amide bonds. The lowest BCUT2D eigenvalue weighted by atomic mass is 9.89. The molecule has 4 nitrogen and oxygen atoms in total. The van der Waals surface area contributed by atoms with Crippen LogP contribution in [-0.2, 0) is 9.59 Å². The molecule has 0 radical (unpaired) electrons. The van der Waals surface area contributed by atoms with Gasteiger partial charge in [0.25, 0.3) is 0 Å². The predicted octanol–water partition coefficient (Wildman–Crippen LogP) is 3.17. The molecule has 0 bridgehead atoms. The van der Waals surface area contributed by atoms with Crippen molar-refractivity contribution in [1.82, 2.24) is 0 Å². The lowest BCUT2D eigenvalue weighted by Gasteiger charge is -2.18. The molecule has 0 aliphatic rings. The molecule has 0 heterocycles. The van der Waals surface area contributed by atoms with E-state index in [0.717, 1.165) is 6.07 Å². The van der Waals surface area contributed by atoms with Crippen LogP contribution in [0.3, 0.4) is 0 Å². The van der Waals surface area contributed by atoms with E-state index < -0.39 is 28.9 Å². The zero-order valence-corrected chi connectivity index (χ0v) is 11.8. The van der Waals surface area contributed by atoms with Crippen molar-refractivity contribution in [3.63, 3.8) is 0 Å². The zero-order chi connectivity index (χ0) is 14.8. The van der Waals surface area contributed by atoms with Crippen LogP contribution >= 0.6 is 15.9 Å². The Morgan fingerprint density at radius 1 is 1.37 bits per heavy atom. The molecule has 0 fully saturated rings. The number of rotatable bonds is 4. The van der Waals surface area contributed by atoms with Gasteiger partial charge in [-0.15, -0.1) is 0 Å². The number of carboxylic acids is 1. The number of carbonyl (C=O) groups is 2. The molecule has 0 saturated carbocycles. The first kappa shape index (κ1) is 15.6. The van der Waals surface area contributed by atoms with Gasteiger partial charge in [0, 0.05) is 17.0 Å². The Morgan fingerprint density at radius 3 is 2.42 bits per heavy atom. The highest BCUT2D eigenvalue weighted by molar-refractivity contribution is 9.10. The van der Waals surface area contributed by atoms with Crippen LogP contribution in [-0.4, -0.2) is 17.0 Å². The van der Waals surface area contributed by atoms with E-state index in [9.17, 15) is 18.4 Å².